The number of nitrogens with zero attached hydrogens (tertiary/aromatic N) is 2. The maximum Gasteiger partial charge on any atom is 0.224 e. The predicted molar refractivity (Wildman–Crippen MR) is 111 cm³/mol. The molecule has 1 heterocycles. The molecule has 0 fully saturated rings. The van der Waals surface area contributed by atoms with Crippen molar-refractivity contribution < 1.29 is 4.74 Å². The Morgan fingerprint density at radius 2 is 1.63 bits per heavy atom. The van der Waals surface area contributed by atoms with Crippen LogP contribution in [-0.4, -0.2) is 23.6 Å². The second-order valence-electron chi connectivity index (χ2n) is 6.63. The van der Waals surface area contributed by atoms with Crippen molar-refractivity contribution in [3.8, 4) is 5.75 Å². The summed E-state index contributed by atoms with van der Waals surface area (Å²) in [6.07, 6.45) is 0.890. The predicted octanol–water partition coefficient (Wildman–Crippen LogP) is 4.81. The van der Waals surface area contributed by atoms with E-state index in [9.17, 15) is 0 Å². The lowest BCUT2D eigenvalue weighted by Gasteiger charge is -2.13. The Morgan fingerprint density at radius 1 is 0.926 bits per heavy atom. The topological polar surface area (TPSA) is 59.1 Å². The average Bonchev–Trinajstić information content (AvgIpc) is 2.65. The largest absolute Gasteiger partial charge is 0.497 e. The average molecular weight is 362 g/mol. The van der Waals surface area contributed by atoms with Crippen LogP contribution < -0.4 is 15.4 Å². The molecule has 1 aromatic heterocycles. The minimum atomic E-state index is 0.636. The zero-order valence-corrected chi connectivity index (χ0v) is 16.3. The van der Waals surface area contributed by atoms with E-state index in [1.54, 1.807) is 7.11 Å². The standard InChI is InChI=1S/C22H26N4O/c1-15-6-5-7-16(2)21(15)25-20-14-17(3)24-22(26-20)23-13-12-18-8-10-19(27-4)11-9-18/h5-11,14H,12-13H2,1-4H3,(H2,23,24,25,26). The molecule has 27 heavy (non-hydrogen) atoms. The monoisotopic (exact) mass is 362 g/mol. The zero-order valence-electron chi connectivity index (χ0n) is 16.3. The summed E-state index contributed by atoms with van der Waals surface area (Å²) < 4.78 is 5.19. The first kappa shape index (κ1) is 18.7. The number of hydrogen-bond donors (Lipinski definition) is 2. The number of nitrogens with one attached hydrogen (secondary N) is 2. The number of aromatic nitrogens is 2. The summed E-state index contributed by atoms with van der Waals surface area (Å²) in [6, 6.07) is 16.3. The van der Waals surface area contributed by atoms with Gasteiger partial charge in [0.15, 0.2) is 0 Å². The molecule has 0 atom stereocenters. The lowest BCUT2D eigenvalue weighted by atomic mass is 10.1. The molecule has 0 spiro atoms. The number of hydrogen-bond acceptors (Lipinski definition) is 5. The molecule has 3 rings (SSSR count). The van der Waals surface area contributed by atoms with Gasteiger partial charge in [0.25, 0.3) is 0 Å². The molecule has 5 nitrogen and oxygen atoms in total. The summed E-state index contributed by atoms with van der Waals surface area (Å²) in [5.41, 5.74) is 5.65. The second-order valence-corrected chi connectivity index (χ2v) is 6.63. The van der Waals surface area contributed by atoms with Crippen LogP contribution in [0.1, 0.15) is 22.4 Å². The first-order chi connectivity index (χ1) is 13.0. The van der Waals surface area contributed by atoms with E-state index in [2.05, 4.69) is 64.8 Å². The van der Waals surface area contributed by atoms with Crippen molar-refractivity contribution in [2.75, 3.05) is 24.3 Å². The lowest BCUT2D eigenvalue weighted by Crippen LogP contribution is -2.10. The Labute approximate surface area is 160 Å². The molecular formula is C22H26N4O. The van der Waals surface area contributed by atoms with Gasteiger partial charge in [-0.3, -0.25) is 0 Å². The number of para-hydroxylation sites is 1. The summed E-state index contributed by atoms with van der Waals surface area (Å²) in [5, 5.41) is 6.76. The summed E-state index contributed by atoms with van der Waals surface area (Å²) in [6.45, 7) is 6.93. The fourth-order valence-electron chi connectivity index (χ4n) is 2.96. The third-order valence-electron chi connectivity index (χ3n) is 4.44. The maximum absolute atomic E-state index is 5.19. The van der Waals surface area contributed by atoms with E-state index in [0.717, 1.165) is 35.9 Å². The van der Waals surface area contributed by atoms with Crippen molar-refractivity contribution in [1.82, 2.24) is 9.97 Å². The van der Waals surface area contributed by atoms with Gasteiger partial charge in [-0.15, -0.1) is 0 Å². The van der Waals surface area contributed by atoms with Crippen LogP contribution in [0.5, 0.6) is 5.75 Å². The molecular weight excluding hydrogens is 336 g/mol. The molecule has 140 valence electrons. The van der Waals surface area contributed by atoms with E-state index in [1.807, 2.05) is 25.1 Å². The van der Waals surface area contributed by atoms with Gasteiger partial charge < -0.3 is 15.4 Å². The molecule has 0 aliphatic carbocycles. The highest BCUT2D eigenvalue weighted by Crippen LogP contribution is 2.24. The Kier molecular flexibility index (Phi) is 5.91. The summed E-state index contributed by atoms with van der Waals surface area (Å²) in [7, 11) is 1.68. The molecule has 0 aliphatic heterocycles. The van der Waals surface area contributed by atoms with Gasteiger partial charge in [-0.25, -0.2) is 4.98 Å². The van der Waals surface area contributed by atoms with Crippen molar-refractivity contribution in [2.24, 2.45) is 0 Å². The molecule has 2 N–H and O–H groups in total. The first-order valence-corrected chi connectivity index (χ1v) is 9.11. The van der Waals surface area contributed by atoms with Gasteiger partial charge in [0.2, 0.25) is 5.95 Å². The van der Waals surface area contributed by atoms with Crippen LogP contribution in [0.25, 0.3) is 0 Å². The molecule has 0 amide bonds. The SMILES string of the molecule is COc1ccc(CCNc2nc(C)cc(Nc3c(C)cccc3C)n2)cc1. The molecule has 5 heteroatoms. The Balaban J connectivity index is 1.66. The van der Waals surface area contributed by atoms with Crippen LogP contribution >= 0.6 is 0 Å². The van der Waals surface area contributed by atoms with Crippen molar-refractivity contribution >= 4 is 17.5 Å². The fourth-order valence-corrected chi connectivity index (χ4v) is 2.96. The quantitative estimate of drug-likeness (QED) is 0.632. The van der Waals surface area contributed by atoms with Crippen LogP contribution in [0.2, 0.25) is 0 Å². The third kappa shape index (κ3) is 4.97. The van der Waals surface area contributed by atoms with Crippen LogP contribution in [0, 0.1) is 20.8 Å². The number of ether oxygens (including phenoxy) is 1. The highest BCUT2D eigenvalue weighted by molar-refractivity contribution is 5.65. The molecule has 0 saturated carbocycles. The molecule has 0 bridgehead atoms. The van der Waals surface area contributed by atoms with Crippen LogP contribution in [0.3, 0.4) is 0 Å². The minimum Gasteiger partial charge on any atom is -0.497 e. The number of benzene rings is 2. The minimum absolute atomic E-state index is 0.636. The van der Waals surface area contributed by atoms with Crippen LogP contribution in [-0.2, 0) is 6.42 Å². The molecule has 2 aromatic carbocycles. The second kappa shape index (κ2) is 8.54. The number of methoxy groups -OCH3 is 1. The maximum atomic E-state index is 5.19. The number of aryl methyl sites for hydroxylation is 3. The first-order valence-electron chi connectivity index (χ1n) is 9.11. The summed E-state index contributed by atoms with van der Waals surface area (Å²) in [5.74, 6) is 2.31. The number of anilines is 3. The van der Waals surface area contributed by atoms with Gasteiger partial charge in [0, 0.05) is 24.0 Å². The van der Waals surface area contributed by atoms with Gasteiger partial charge in [0.1, 0.15) is 11.6 Å². The van der Waals surface area contributed by atoms with E-state index in [4.69, 9.17) is 4.74 Å². The Bertz CT molecular complexity index is 886. The van der Waals surface area contributed by atoms with Crippen molar-refractivity contribution in [3.05, 3.63) is 70.9 Å². The van der Waals surface area contributed by atoms with Gasteiger partial charge in [-0.1, -0.05) is 30.3 Å². The summed E-state index contributed by atoms with van der Waals surface area (Å²) >= 11 is 0. The normalized spacial score (nSPS) is 10.5. The Morgan fingerprint density at radius 3 is 2.30 bits per heavy atom. The molecule has 0 radical (unpaired) electrons. The van der Waals surface area contributed by atoms with Crippen molar-refractivity contribution in [2.45, 2.75) is 27.2 Å². The van der Waals surface area contributed by atoms with Crippen molar-refractivity contribution in [1.29, 1.82) is 0 Å². The molecule has 0 saturated heterocycles. The molecule has 0 unspecified atom stereocenters. The van der Waals surface area contributed by atoms with E-state index in [0.29, 0.717) is 5.95 Å². The summed E-state index contributed by atoms with van der Waals surface area (Å²) in [4.78, 5) is 9.11. The van der Waals surface area contributed by atoms with E-state index in [-0.39, 0.29) is 0 Å². The van der Waals surface area contributed by atoms with Gasteiger partial charge in [-0.2, -0.15) is 4.98 Å². The van der Waals surface area contributed by atoms with E-state index < -0.39 is 0 Å². The highest BCUT2D eigenvalue weighted by atomic mass is 16.5. The van der Waals surface area contributed by atoms with Crippen LogP contribution in [0.4, 0.5) is 17.5 Å². The lowest BCUT2D eigenvalue weighted by molar-refractivity contribution is 0.414. The zero-order chi connectivity index (χ0) is 19.2. The highest BCUT2D eigenvalue weighted by Gasteiger charge is 2.06. The molecule has 3 aromatic rings. The van der Waals surface area contributed by atoms with E-state index in [1.165, 1.54) is 16.7 Å². The van der Waals surface area contributed by atoms with Crippen LogP contribution in [0.15, 0.2) is 48.5 Å². The smallest absolute Gasteiger partial charge is 0.224 e. The van der Waals surface area contributed by atoms with E-state index >= 15 is 0 Å². The third-order valence-corrected chi connectivity index (χ3v) is 4.44. The Hall–Kier alpha value is -3.08. The number of rotatable bonds is 7. The fraction of sp³-hybridized carbons (Fsp3) is 0.273. The van der Waals surface area contributed by atoms with Gasteiger partial charge in [-0.05, 0) is 56.0 Å². The molecule has 0 aliphatic rings. The van der Waals surface area contributed by atoms with Gasteiger partial charge >= 0.3 is 0 Å². The van der Waals surface area contributed by atoms with Crippen molar-refractivity contribution in [3.63, 3.8) is 0 Å². The van der Waals surface area contributed by atoms with Gasteiger partial charge in [0.05, 0.1) is 7.11 Å².